The van der Waals surface area contributed by atoms with Gasteiger partial charge >= 0.3 is 6.09 Å². The van der Waals surface area contributed by atoms with Crippen LogP contribution in [0.5, 0.6) is 0 Å². The molecule has 0 spiro atoms. The minimum Gasteiger partial charge on any atom is -0.444 e. The van der Waals surface area contributed by atoms with Crippen molar-refractivity contribution in [2.45, 2.75) is 131 Å². The molecule has 0 saturated heterocycles. The molecule has 0 bridgehead atoms. The second-order valence-electron chi connectivity index (χ2n) is 21.1. The van der Waals surface area contributed by atoms with Crippen molar-refractivity contribution in [1.29, 1.82) is 0 Å². The van der Waals surface area contributed by atoms with E-state index in [1.54, 1.807) is 64.5 Å². The lowest BCUT2D eigenvalue weighted by Crippen LogP contribution is -2.39. The maximum atomic E-state index is 13.1. The smallest absolute Gasteiger partial charge is 0.410 e. The fourth-order valence-electron chi connectivity index (χ4n) is 9.12. The van der Waals surface area contributed by atoms with Crippen LogP contribution < -0.4 is 16.0 Å². The Balaban J connectivity index is 0.000000222. The number of hydrogen-bond acceptors (Lipinski definition) is 15. The van der Waals surface area contributed by atoms with Crippen LogP contribution >= 0.6 is 45.3 Å². The summed E-state index contributed by atoms with van der Waals surface area (Å²) in [6, 6.07) is 11.2. The van der Waals surface area contributed by atoms with Crippen LogP contribution in [0, 0.1) is 11.8 Å². The van der Waals surface area contributed by atoms with E-state index in [4.69, 9.17) is 24.2 Å². The number of amides is 3. The zero-order chi connectivity index (χ0) is 53.8. The molecule has 6 heterocycles. The van der Waals surface area contributed by atoms with E-state index >= 15 is 0 Å². The first-order valence-corrected chi connectivity index (χ1v) is 29.5. The molecule has 3 amide bonds. The lowest BCUT2D eigenvalue weighted by Gasteiger charge is -2.30. The van der Waals surface area contributed by atoms with Crippen molar-refractivity contribution in [2.75, 3.05) is 53.6 Å². The molecule has 0 unspecified atom stereocenters. The van der Waals surface area contributed by atoms with Crippen molar-refractivity contribution in [3.8, 4) is 21.1 Å². The monoisotopic (exact) mass is 1100 g/mol. The van der Waals surface area contributed by atoms with E-state index < -0.39 is 5.60 Å². The number of carbonyl (C=O) groups excluding carboxylic acids is 5. The second-order valence-corrected chi connectivity index (χ2v) is 25.5. The van der Waals surface area contributed by atoms with Gasteiger partial charge in [0.25, 0.3) is 11.8 Å². The van der Waals surface area contributed by atoms with Crippen LogP contribution in [0.2, 0.25) is 0 Å². The molecule has 3 N–H and O–H groups in total. The third-order valence-electron chi connectivity index (χ3n) is 12.9. The van der Waals surface area contributed by atoms with Crippen molar-refractivity contribution in [3.05, 3.63) is 78.2 Å². The molecule has 404 valence electrons. The third kappa shape index (κ3) is 15.8. The molecule has 0 aliphatic carbocycles. The van der Waals surface area contributed by atoms with Crippen LogP contribution in [0.25, 0.3) is 41.6 Å². The number of carbonyl (C=O) groups is 5. The van der Waals surface area contributed by atoms with Gasteiger partial charge in [0.05, 0.1) is 40.2 Å². The first-order chi connectivity index (χ1) is 35.9. The van der Waals surface area contributed by atoms with E-state index in [1.807, 2.05) is 57.2 Å². The van der Waals surface area contributed by atoms with E-state index in [1.165, 1.54) is 10.4 Å². The molecule has 75 heavy (non-hydrogen) atoms. The molecule has 14 nitrogen and oxygen atoms in total. The molecule has 2 aromatic carbocycles. The topological polar surface area (TPSA) is 178 Å². The number of thiophene rings is 2. The van der Waals surface area contributed by atoms with Crippen LogP contribution in [0.3, 0.4) is 0 Å². The molecule has 0 saturated carbocycles. The van der Waals surface area contributed by atoms with Gasteiger partial charge in [0.15, 0.2) is 0 Å². The van der Waals surface area contributed by atoms with Gasteiger partial charge in [-0.1, -0.05) is 40.5 Å². The number of hydrogen-bond donors (Lipinski definition) is 3. The molecular formula is C57H74N6O8S4. The number of ether oxygens (including phenoxy) is 3. The van der Waals surface area contributed by atoms with Crippen LogP contribution in [-0.2, 0) is 62.6 Å². The number of nitrogens with one attached hydrogen (secondary N) is 3. The van der Waals surface area contributed by atoms with Crippen molar-refractivity contribution in [3.63, 3.8) is 0 Å². The van der Waals surface area contributed by atoms with Crippen LogP contribution in [0.15, 0.2) is 36.4 Å². The van der Waals surface area contributed by atoms with Crippen LogP contribution in [0.4, 0.5) is 4.79 Å². The Morgan fingerprint density at radius 1 is 0.693 bits per heavy atom. The number of ketones is 2. The predicted molar refractivity (Wildman–Crippen MR) is 305 cm³/mol. The predicted octanol–water partition coefficient (Wildman–Crippen LogP) is 11.6. The van der Waals surface area contributed by atoms with Crippen molar-refractivity contribution >= 4 is 95.3 Å². The highest BCUT2D eigenvalue weighted by Crippen LogP contribution is 2.44. The first kappa shape index (κ1) is 57.7. The second kappa shape index (κ2) is 26.9. The molecule has 2 aliphatic rings. The number of thiazole rings is 2. The summed E-state index contributed by atoms with van der Waals surface area (Å²) in [6.07, 6.45) is 7.30. The fourth-order valence-corrected chi connectivity index (χ4v) is 14.1. The lowest BCUT2D eigenvalue weighted by molar-refractivity contribution is -0.119. The van der Waals surface area contributed by atoms with Crippen LogP contribution in [0.1, 0.15) is 138 Å². The maximum Gasteiger partial charge on any atom is 0.410 e. The third-order valence-corrected chi connectivity index (χ3v) is 17.4. The molecule has 6 aromatic rings. The number of aromatic nitrogens is 2. The fraction of sp³-hybridized carbons (Fsp3) is 0.526. The Morgan fingerprint density at radius 2 is 1.19 bits per heavy atom. The zero-order valence-corrected chi connectivity index (χ0v) is 48.4. The Kier molecular flexibility index (Phi) is 20.7. The largest absolute Gasteiger partial charge is 0.444 e. The molecule has 0 radical (unpaired) electrons. The number of nitrogens with zero attached hydrogens (tertiary/aromatic N) is 3. The highest BCUT2D eigenvalue weighted by molar-refractivity contribution is 7.22. The standard InChI is InChI=1S/C31H41N3O5S2.C26H33N3O3S2/c1-19(2)8-7-9-21(35)17-25-27(22-12-14-34(18-26(22)40-25)30(37)39-31(3,4)5)29-33-23-16-20(10-11-24(23)41-29)28(36)32-13-15-38-6;1-16(2)5-4-6-18(30)14-22-24(19-9-10-27-15-23(19)33-22)26-29-20-13-17(7-8-21(20)34-26)25(31)28-11-12-32-3/h10-11,16,19H,7-9,12-15,17-18H2,1-6H3,(H,32,36);7-8,13,16,27H,4-6,9-12,14-15H2,1-3H3,(H,28,31). The summed E-state index contributed by atoms with van der Waals surface area (Å²) >= 11 is 6.59. The Labute approximate surface area is 457 Å². The number of benzene rings is 2. The Hall–Kier alpha value is -4.95. The van der Waals surface area contributed by atoms with Gasteiger partial charge in [-0.15, -0.1) is 45.3 Å². The number of rotatable bonds is 22. The van der Waals surface area contributed by atoms with Gasteiger partial charge in [-0.2, -0.15) is 0 Å². The Morgan fingerprint density at radius 3 is 1.67 bits per heavy atom. The summed E-state index contributed by atoms with van der Waals surface area (Å²) in [7, 11) is 3.21. The van der Waals surface area contributed by atoms with E-state index in [-0.39, 0.29) is 23.7 Å². The maximum absolute atomic E-state index is 13.1. The molecule has 4 aromatic heterocycles. The minimum atomic E-state index is -0.563. The molecular weight excluding hydrogens is 1020 g/mol. The van der Waals surface area contributed by atoms with E-state index in [0.717, 1.165) is 107 Å². The molecule has 0 fully saturated rings. The van der Waals surface area contributed by atoms with Gasteiger partial charge in [-0.05, 0) is 112 Å². The molecule has 2 aliphatic heterocycles. The van der Waals surface area contributed by atoms with Crippen molar-refractivity contribution in [1.82, 2.24) is 30.8 Å². The number of Topliss-reactive ketones (excluding diaryl/α,β-unsaturated/α-hetero) is 2. The average Bonchev–Trinajstić information content (AvgIpc) is 4.14. The summed E-state index contributed by atoms with van der Waals surface area (Å²) in [6.45, 7) is 19.0. The summed E-state index contributed by atoms with van der Waals surface area (Å²) in [5.41, 5.74) is 6.84. The van der Waals surface area contributed by atoms with Crippen molar-refractivity contribution < 1.29 is 38.2 Å². The molecule has 8 rings (SSSR count). The van der Waals surface area contributed by atoms with Gasteiger partial charge in [-0.3, -0.25) is 19.2 Å². The highest BCUT2D eigenvalue weighted by atomic mass is 32.1. The van der Waals surface area contributed by atoms with E-state index in [0.29, 0.717) is 100 Å². The number of fused-ring (bicyclic) bond motifs is 4. The average molecular weight is 1100 g/mol. The normalized spacial score (nSPS) is 13.5. The number of methoxy groups -OCH3 is 2. The lowest BCUT2D eigenvalue weighted by atomic mass is 9.99. The summed E-state index contributed by atoms with van der Waals surface area (Å²) in [5, 5.41) is 11.0. The molecule has 0 atom stereocenters. The van der Waals surface area contributed by atoms with Gasteiger partial charge < -0.3 is 35.1 Å². The minimum absolute atomic E-state index is 0.125. The van der Waals surface area contributed by atoms with Crippen LogP contribution in [-0.4, -0.2) is 104 Å². The van der Waals surface area contributed by atoms with E-state index in [2.05, 4.69) is 43.6 Å². The summed E-state index contributed by atoms with van der Waals surface area (Å²) in [4.78, 5) is 80.0. The van der Waals surface area contributed by atoms with E-state index in [9.17, 15) is 24.0 Å². The van der Waals surface area contributed by atoms with Crippen molar-refractivity contribution in [2.24, 2.45) is 11.8 Å². The SMILES string of the molecule is COCCNC(=O)c1ccc2sc(-c3c(CC(=O)CCCC(C)C)sc4c3CCN(C(=O)OC(C)(C)C)C4)nc2c1.COCCNC(=O)c1ccc2sc(-c3c(CC(=O)CCCC(C)C)sc4c3CCNC4)nc2c1. The van der Waals surface area contributed by atoms with Gasteiger partial charge in [0.2, 0.25) is 0 Å². The summed E-state index contributed by atoms with van der Waals surface area (Å²) < 4.78 is 17.7. The van der Waals surface area contributed by atoms with Gasteiger partial charge in [0.1, 0.15) is 27.2 Å². The quantitative estimate of drug-likeness (QED) is 0.0551. The Bertz CT molecular complexity index is 2960. The molecule has 18 heteroatoms. The highest BCUT2D eigenvalue weighted by Gasteiger charge is 2.32. The summed E-state index contributed by atoms with van der Waals surface area (Å²) in [5.74, 6) is 1.44. The van der Waals surface area contributed by atoms with Gasteiger partial charge in [0, 0.05) is 108 Å². The first-order valence-electron chi connectivity index (χ1n) is 26.3. The zero-order valence-electron chi connectivity index (χ0n) is 45.1. The van der Waals surface area contributed by atoms with Gasteiger partial charge in [-0.25, -0.2) is 14.8 Å².